The van der Waals surface area contributed by atoms with Crippen LogP contribution in [0.5, 0.6) is 5.75 Å². The lowest BCUT2D eigenvalue weighted by atomic mass is 9.96. The highest BCUT2D eigenvalue weighted by molar-refractivity contribution is 6.32. The summed E-state index contributed by atoms with van der Waals surface area (Å²) in [5.41, 5.74) is 0.873. The predicted molar refractivity (Wildman–Crippen MR) is 156 cm³/mol. The second-order valence-electron chi connectivity index (χ2n) is 10.6. The normalized spacial score (nSPS) is 17.8. The second-order valence-corrected chi connectivity index (χ2v) is 11.0. The number of halogens is 1. The van der Waals surface area contributed by atoms with Crippen molar-refractivity contribution < 1.29 is 14.3 Å². The van der Waals surface area contributed by atoms with Gasteiger partial charge in [0.1, 0.15) is 17.4 Å². The Morgan fingerprint density at radius 1 is 1.12 bits per heavy atom. The Bertz CT molecular complexity index is 1320. The Hall–Kier alpha value is -3.86. The van der Waals surface area contributed by atoms with Gasteiger partial charge in [-0.3, -0.25) is 4.79 Å². The lowest BCUT2D eigenvalue weighted by Gasteiger charge is -2.42. The van der Waals surface area contributed by atoms with Crippen LogP contribution < -0.4 is 20.3 Å². The smallest absolute Gasteiger partial charge is 0.317 e. The number of hydrogen-bond acceptors (Lipinski definition) is 7. The fraction of sp³-hybridized carbons (Fsp3) is 0.483. The van der Waals surface area contributed by atoms with Crippen LogP contribution in [-0.4, -0.2) is 75.2 Å². The standard InChI is InChI=1S/C29H37ClN8O3/c1-41-25-8-7-21(15-24(25)30)17-33-28(39)16-23-18-37(29(40)34-22-5-3-2-4-6-22)13-14-38(23)27-9-10-32-26(35-27)19-36-12-11-31-20-36/h7-12,15,20,22-23H,2-6,13-14,16-19H2,1H3,(H,33,39)(H,34,40). The van der Waals surface area contributed by atoms with Crippen LogP contribution in [0.25, 0.3) is 0 Å². The van der Waals surface area contributed by atoms with Crippen molar-refractivity contribution in [2.75, 3.05) is 31.6 Å². The maximum absolute atomic E-state index is 13.2. The second kappa shape index (κ2) is 13.7. The van der Waals surface area contributed by atoms with E-state index in [-0.39, 0.29) is 30.4 Å². The number of nitrogens with zero attached hydrogens (tertiary/aromatic N) is 6. The summed E-state index contributed by atoms with van der Waals surface area (Å²) < 4.78 is 7.12. The van der Waals surface area contributed by atoms with Gasteiger partial charge in [-0.15, -0.1) is 0 Å². The lowest BCUT2D eigenvalue weighted by molar-refractivity contribution is -0.121. The molecule has 0 spiro atoms. The van der Waals surface area contributed by atoms with E-state index >= 15 is 0 Å². The Balaban J connectivity index is 1.28. The maximum atomic E-state index is 13.2. The number of urea groups is 1. The maximum Gasteiger partial charge on any atom is 0.317 e. The molecule has 1 saturated heterocycles. The Labute approximate surface area is 245 Å². The van der Waals surface area contributed by atoms with E-state index in [1.54, 1.807) is 38.0 Å². The number of aromatic nitrogens is 4. The third-order valence-electron chi connectivity index (χ3n) is 7.70. The fourth-order valence-corrected chi connectivity index (χ4v) is 5.78. The Morgan fingerprint density at radius 3 is 2.73 bits per heavy atom. The van der Waals surface area contributed by atoms with E-state index in [4.69, 9.17) is 21.3 Å². The first-order chi connectivity index (χ1) is 20.0. The molecule has 0 bridgehead atoms. The molecule has 1 unspecified atom stereocenters. The van der Waals surface area contributed by atoms with E-state index in [9.17, 15) is 9.59 Å². The number of methoxy groups -OCH3 is 1. The highest BCUT2D eigenvalue weighted by atomic mass is 35.5. The molecular formula is C29H37ClN8O3. The summed E-state index contributed by atoms with van der Waals surface area (Å²) in [6, 6.07) is 7.21. The summed E-state index contributed by atoms with van der Waals surface area (Å²) in [6.45, 7) is 2.35. The molecule has 3 amide bonds. The minimum absolute atomic E-state index is 0.0571. The molecule has 1 atom stereocenters. The predicted octanol–water partition coefficient (Wildman–Crippen LogP) is 3.62. The van der Waals surface area contributed by atoms with Crippen molar-refractivity contribution in [3.05, 3.63) is 65.6 Å². The quantitative estimate of drug-likeness (QED) is 0.397. The number of benzene rings is 1. The molecule has 218 valence electrons. The SMILES string of the molecule is COc1ccc(CNC(=O)CC2CN(C(=O)NC3CCCCC3)CCN2c2ccnc(Cn3ccnc3)n2)cc1Cl. The first-order valence-electron chi connectivity index (χ1n) is 14.2. The van der Waals surface area contributed by atoms with E-state index in [1.165, 1.54) is 6.42 Å². The molecule has 3 heterocycles. The summed E-state index contributed by atoms with van der Waals surface area (Å²) in [5, 5.41) is 6.72. The van der Waals surface area contributed by atoms with Gasteiger partial charge >= 0.3 is 6.03 Å². The van der Waals surface area contributed by atoms with Gasteiger partial charge in [-0.25, -0.2) is 19.7 Å². The zero-order chi connectivity index (χ0) is 28.6. The lowest BCUT2D eigenvalue weighted by Crippen LogP contribution is -2.59. The van der Waals surface area contributed by atoms with Crippen LogP contribution in [0.4, 0.5) is 10.6 Å². The highest BCUT2D eigenvalue weighted by Gasteiger charge is 2.33. The van der Waals surface area contributed by atoms with Gasteiger partial charge in [0.15, 0.2) is 0 Å². The van der Waals surface area contributed by atoms with Gasteiger partial charge in [-0.2, -0.15) is 0 Å². The number of amides is 3. The highest BCUT2D eigenvalue weighted by Crippen LogP contribution is 2.25. The summed E-state index contributed by atoms with van der Waals surface area (Å²) in [5.74, 6) is 1.86. The van der Waals surface area contributed by atoms with Crippen LogP contribution in [0.15, 0.2) is 49.2 Å². The van der Waals surface area contributed by atoms with E-state index in [0.717, 1.165) is 37.1 Å². The molecule has 5 rings (SSSR count). The molecule has 1 aliphatic carbocycles. The number of imidazole rings is 1. The number of rotatable bonds is 9. The molecule has 2 N–H and O–H groups in total. The molecule has 2 aliphatic rings. The number of anilines is 1. The summed E-state index contributed by atoms with van der Waals surface area (Å²) in [4.78, 5) is 43.7. The van der Waals surface area contributed by atoms with E-state index in [1.807, 2.05) is 27.8 Å². The Morgan fingerprint density at radius 2 is 1.98 bits per heavy atom. The van der Waals surface area contributed by atoms with Gasteiger partial charge in [0.05, 0.1) is 31.0 Å². The number of carbonyl (C=O) groups is 2. The minimum Gasteiger partial charge on any atom is -0.495 e. The average molecular weight is 581 g/mol. The van der Waals surface area contributed by atoms with Crippen LogP contribution in [0.3, 0.4) is 0 Å². The fourth-order valence-electron chi connectivity index (χ4n) is 5.50. The summed E-state index contributed by atoms with van der Waals surface area (Å²) in [6.07, 6.45) is 12.8. The van der Waals surface area contributed by atoms with E-state index in [0.29, 0.717) is 49.3 Å². The molecule has 12 heteroatoms. The van der Waals surface area contributed by atoms with Crippen molar-refractivity contribution in [1.82, 2.24) is 35.1 Å². The van der Waals surface area contributed by atoms with Gasteiger partial charge in [-0.05, 0) is 36.6 Å². The van der Waals surface area contributed by atoms with Gasteiger partial charge < -0.3 is 29.7 Å². The third-order valence-corrected chi connectivity index (χ3v) is 7.99. The van der Waals surface area contributed by atoms with Crippen LogP contribution in [0.1, 0.15) is 49.9 Å². The van der Waals surface area contributed by atoms with Gasteiger partial charge in [0, 0.05) is 57.2 Å². The third kappa shape index (κ3) is 7.66. The number of piperazine rings is 1. The van der Waals surface area contributed by atoms with Gasteiger partial charge in [0.2, 0.25) is 5.91 Å². The molecule has 11 nitrogen and oxygen atoms in total. The van der Waals surface area contributed by atoms with Gasteiger partial charge in [-0.1, -0.05) is 36.9 Å². The number of nitrogens with one attached hydrogen (secondary N) is 2. The van der Waals surface area contributed by atoms with Crippen molar-refractivity contribution in [2.24, 2.45) is 0 Å². The summed E-state index contributed by atoms with van der Waals surface area (Å²) >= 11 is 6.26. The number of ether oxygens (including phenoxy) is 1. The van der Waals surface area contributed by atoms with Crippen molar-refractivity contribution >= 4 is 29.4 Å². The van der Waals surface area contributed by atoms with Gasteiger partial charge in [0.25, 0.3) is 0 Å². The van der Waals surface area contributed by atoms with Crippen LogP contribution in [0, 0.1) is 0 Å². The molecule has 1 aromatic carbocycles. The first-order valence-corrected chi connectivity index (χ1v) is 14.5. The molecule has 3 aromatic rings. The van der Waals surface area contributed by atoms with E-state index < -0.39 is 0 Å². The zero-order valence-electron chi connectivity index (χ0n) is 23.3. The van der Waals surface area contributed by atoms with Crippen molar-refractivity contribution in [3.8, 4) is 5.75 Å². The Kier molecular flexibility index (Phi) is 9.55. The molecule has 2 fully saturated rings. The molecule has 1 saturated carbocycles. The summed E-state index contributed by atoms with van der Waals surface area (Å²) in [7, 11) is 1.57. The van der Waals surface area contributed by atoms with Crippen molar-refractivity contribution in [3.63, 3.8) is 0 Å². The van der Waals surface area contributed by atoms with Crippen molar-refractivity contribution in [2.45, 2.75) is 63.7 Å². The number of hydrogen-bond donors (Lipinski definition) is 2. The zero-order valence-corrected chi connectivity index (χ0v) is 24.1. The molecule has 41 heavy (non-hydrogen) atoms. The molecule has 2 aromatic heterocycles. The van der Waals surface area contributed by atoms with Crippen molar-refractivity contribution in [1.29, 1.82) is 0 Å². The first kappa shape index (κ1) is 28.7. The van der Waals surface area contributed by atoms with Crippen LogP contribution >= 0.6 is 11.6 Å². The average Bonchev–Trinajstić information content (AvgIpc) is 3.50. The van der Waals surface area contributed by atoms with Crippen LogP contribution in [-0.2, 0) is 17.9 Å². The number of carbonyl (C=O) groups excluding carboxylic acids is 2. The van der Waals surface area contributed by atoms with Crippen LogP contribution in [0.2, 0.25) is 5.02 Å². The minimum atomic E-state index is -0.253. The molecule has 1 aliphatic heterocycles. The largest absolute Gasteiger partial charge is 0.495 e. The van der Waals surface area contributed by atoms with E-state index in [2.05, 4.69) is 25.5 Å². The molecular weight excluding hydrogens is 544 g/mol. The molecule has 0 radical (unpaired) electrons. The monoisotopic (exact) mass is 580 g/mol. The topological polar surface area (TPSA) is 118 Å².